The van der Waals surface area contributed by atoms with Gasteiger partial charge >= 0.3 is 0 Å². The van der Waals surface area contributed by atoms with Crippen LogP contribution in [0.2, 0.25) is 0 Å². The summed E-state index contributed by atoms with van der Waals surface area (Å²) in [7, 11) is 0. The van der Waals surface area contributed by atoms with E-state index in [1.165, 1.54) is 35.1 Å². The van der Waals surface area contributed by atoms with Crippen molar-refractivity contribution < 1.29 is 8.78 Å². The molecule has 0 spiro atoms. The highest BCUT2D eigenvalue weighted by atomic mass is 32.1. The minimum atomic E-state index is -0.569. The van der Waals surface area contributed by atoms with Gasteiger partial charge in [-0.2, -0.15) is 0 Å². The molecule has 0 N–H and O–H groups in total. The van der Waals surface area contributed by atoms with Crippen molar-refractivity contribution in [1.82, 2.24) is 14.8 Å². The molecule has 7 heteroatoms. The van der Waals surface area contributed by atoms with Crippen LogP contribution in [0, 0.1) is 11.6 Å². The van der Waals surface area contributed by atoms with Crippen LogP contribution >= 0.6 is 11.3 Å². The largest absolute Gasteiger partial charge is 0.273 e. The van der Waals surface area contributed by atoms with Crippen LogP contribution in [0.3, 0.4) is 0 Å². The van der Waals surface area contributed by atoms with Crippen LogP contribution in [-0.2, 0) is 12.8 Å². The van der Waals surface area contributed by atoms with E-state index in [1.54, 1.807) is 11.3 Å². The Kier molecular flexibility index (Phi) is 4.17. The lowest BCUT2D eigenvalue weighted by Crippen LogP contribution is -2.13. The third-order valence-corrected chi connectivity index (χ3v) is 7.67. The van der Waals surface area contributed by atoms with Crippen molar-refractivity contribution in [3.05, 3.63) is 63.0 Å². The van der Waals surface area contributed by atoms with E-state index in [4.69, 9.17) is 4.99 Å². The fourth-order valence-electron chi connectivity index (χ4n) is 4.75. The molecule has 0 unspecified atom stereocenters. The molecule has 0 amide bonds. The van der Waals surface area contributed by atoms with E-state index < -0.39 is 11.6 Å². The summed E-state index contributed by atoms with van der Waals surface area (Å²) in [5.74, 6) is 1.02. The van der Waals surface area contributed by atoms with E-state index in [1.807, 2.05) is 6.92 Å². The van der Waals surface area contributed by atoms with E-state index in [2.05, 4.69) is 14.8 Å². The summed E-state index contributed by atoms with van der Waals surface area (Å²) in [6.45, 7) is 1.94. The van der Waals surface area contributed by atoms with Crippen LogP contribution < -0.4 is 0 Å². The molecule has 1 saturated carbocycles. The smallest absolute Gasteiger partial charge is 0.162 e. The average Bonchev–Trinajstić information content (AvgIpc) is 3.45. The lowest BCUT2D eigenvalue weighted by atomic mass is 9.96. The Morgan fingerprint density at radius 1 is 0.967 bits per heavy atom. The molecule has 3 aromatic rings. The zero-order valence-corrected chi connectivity index (χ0v) is 17.6. The summed E-state index contributed by atoms with van der Waals surface area (Å²) < 4.78 is 32.0. The molecule has 0 saturated heterocycles. The Labute approximate surface area is 177 Å². The highest BCUT2D eigenvalue weighted by Gasteiger charge is 2.37. The Balaban J connectivity index is 1.68. The minimum Gasteiger partial charge on any atom is -0.273 e. The Morgan fingerprint density at radius 2 is 1.70 bits per heavy atom. The molecule has 2 aromatic heterocycles. The predicted molar refractivity (Wildman–Crippen MR) is 113 cm³/mol. The van der Waals surface area contributed by atoms with Crippen LogP contribution in [0.1, 0.15) is 84.2 Å². The summed E-state index contributed by atoms with van der Waals surface area (Å²) in [4.78, 5) is 6.19. The molecule has 3 aliphatic rings. The third kappa shape index (κ3) is 2.71. The summed E-state index contributed by atoms with van der Waals surface area (Å²) >= 11 is 1.74. The van der Waals surface area contributed by atoms with Crippen molar-refractivity contribution >= 4 is 17.0 Å². The molecule has 154 valence electrons. The Morgan fingerprint density at radius 3 is 2.47 bits per heavy atom. The zero-order chi connectivity index (χ0) is 20.4. The summed E-state index contributed by atoms with van der Waals surface area (Å²) in [6, 6.07) is 3.71. The van der Waals surface area contributed by atoms with Crippen LogP contribution in [0.4, 0.5) is 8.78 Å². The molecule has 4 nitrogen and oxygen atoms in total. The number of hydrogen-bond acceptors (Lipinski definition) is 4. The maximum Gasteiger partial charge on any atom is 0.162 e. The molecule has 1 aliphatic heterocycles. The number of rotatable bonds is 2. The van der Waals surface area contributed by atoms with Crippen molar-refractivity contribution in [2.24, 2.45) is 4.99 Å². The number of halogens is 2. The third-order valence-electron chi connectivity index (χ3n) is 6.39. The van der Waals surface area contributed by atoms with Crippen LogP contribution in [0.5, 0.6) is 0 Å². The minimum absolute atomic E-state index is 0.0258. The maximum absolute atomic E-state index is 14.9. The van der Waals surface area contributed by atoms with Gasteiger partial charge in [0, 0.05) is 16.4 Å². The molecule has 0 bridgehead atoms. The molecule has 1 fully saturated rings. The molecule has 6 rings (SSSR count). The van der Waals surface area contributed by atoms with Crippen LogP contribution in [-0.4, -0.2) is 20.5 Å². The lowest BCUT2D eigenvalue weighted by Gasteiger charge is -2.13. The van der Waals surface area contributed by atoms with Crippen molar-refractivity contribution in [2.45, 2.75) is 63.8 Å². The highest BCUT2D eigenvalue weighted by Crippen LogP contribution is 2.46. The molecule has 0 radical (unpaired) electrons. The number of aryl methyl sites for hydroxylation is 1. The van der Waals surface area contributed by atoms with Crippen molar-refractivity contribution in [3.8, 4) is 5.00 Å². The van der Waals surface area contributed by atoms with Gasteiger partial charge in [-0.1, -0.05) is 12.5 Å². The SMILES string of the molecule is C[C@@H]1N=C(c2c(F)cccc2F)c2c(sc3c2CCCCC3)-n2c(C3CC3)nnc21. The van der Waals surface area contributed by atoms with Crippen LogP contribution in [0.25, 0.3) is 5.00 Å². The molecule has 1 aromatic carbocycles. The van der Waals surface area contributed by atoms with Crippen molar-refractivity contribution in [3.63, 3.8) is 0 Å². The van der Waals surface area contributed by atoms with Gasteiger partial charge in [-0.15, -0.1) is 21.5 Å². The van der Waals surface area contributed by atoms with E-state index in [-0.39, 0.29) is 11.6 Å². The average molecular weight is 425 g/mol. The van der Waals surface area contributed by atoms with Crippen LogP contribution in [0.15, 0.2) is 23.2 Å². The monoisotopic (exact) mass is 424 g/mol. The van der Waals surface area contributed by atoms with Gasteiger partial charge in [0.1, 0.15) is 28.5 Å². The fraction of sp³-hybridized carbons (Fsp3) is 0.435. The van der Waals surface area contributed by atoms with E-state index >= 15 is 0 Å². The normalized spacial score (nSPS) is 20.6. The van der Waals surface area contributed by atoms with Gasteiger partial charge in [0.15, 0.2) is 5.82 Å². The number of nitrogens with zero attached hydrogens (tertiary/aromatic N) is 4. The lowest BCUT2D eigenvalue weighted by molar-refractivity contribution is 0.578. The molecular formula is C23H22F2N4S. The number of hydrogen-bond donors (Lipinski definition) is 0. The summed E-state index contributed by atoms with van der Waals surface area (Å²) in [5, 5.41) is 9.99. The highest BCUT2D eigenvalue weighted by molar-refractivity contribution is 7.15. The summed E-state index contributed by atoms with van der Waals surface area (Å²) in [6.07, 6.45) is 7.56. The number of benzene rings is 1. The van der Waals surface area contributed by atoms with Gasteiger partial charge in [0.2, 0.25) is 0 Å². The molecule has 30 heavy (non-hydrogen) atoms. The topological polar surface area (TPSA) is 43.1 Å². The first-order valence-corrected chi connectivity index (χ1v) is 11.6. The van der Waals surface area contributed by atoms with Gasteiger partial charge in [0.05, 0.1) is 11.3 Å². The van der Waals surface area contributed by atoms with E-state index in [9.17, 15) is 8.78 Å². The van der Waals surface area contributed by atoms with Gasteiger partial charge < -0.3 is 0 Å². The Hall–Kier alpha value is -2.41. The van der Waals surface area contributed by atoms with Gasteiger partial charge in [-0.3, -0.25) is 9.56 Å². The molecule has 1 atom stereocenters. The summed E-state index contributed by atoms with van der Waals surface area (Å²) in [5.41, 5.74) is 2.51. The number of aromatic nitrogens is 3. The predicted octanol–water partition coefficient (Wildman–Crippen LogP) is 5.67. The quantitative estimate of drug-likeness (QED) is 0.498. The molecular weight excluding hydrogens is 402 g/mol. The second kappa shape index (κ2) is 6.80. The van der Waals surface area contributed by atoms with E-state index in [0.717, 1.165) is 60.7 Å². The number of fused-ring (bicyclic) bond motifs is 5. The first-order chi connectivity index (χ1) is 14.6. The maximum atomic E-state index is 14.9. The first kappa shape index (κ1) is 18.4. The molecule has 3 heterocycles. The second-order valence-corrected chi connectivity index (χ2v) is 9.60. The van der Waals surface area contributed by atoms with Gasteiger partial charge in [0.25, 0.3) is 0 Å². The van der Waals surface area contributed by atoms with Crippen molar-refractivity contribution in [2.75, 3.05) is 0 Å². The second-order valence-electron chi connectivity index (χ2n) is 8.52. The van der Waals surface area contributed by atoms with E-state index in [0.29, 0.717) is 11.6 Å². The number of aliphatic imine (C=N–C) groups is 1. The fourth-order valence-corrected chi connectivity index (χ4v) is 6.16. The standard InChI is InChI=1S/C23H22F2N4S/c1-12-21-27-28-22(13-10-11-13)29(21)23-18(14-6-3-2-4-9-17(14)30-23)20(26-12)19-15(24)7-5-8-16(19)25/h5,7-8,12-13H,2-4,6,9-11H2,1H3/t12-/m0/s1. The number of thiophene rings is 1. The van der Waals surface area contributed by atoms with Gasteiger partial charge in [-0.25, -0.2) is 8.78 Å². The Bertz CT molecular complexity index is 1170. The first-order valence-electron chi connectivity index (χ1n) is 10.8. The zero-order valence-electron chi connectivity index (χ0n) is 16.8. The molecule has 2 aliphatic carbocycles. The van der Waals surface area contributed by atoms with Gasteiger partial charge in [-0.05, 0) is 63.1 Å². The van der Waals surface area contributed by atoms with Crippen molar-refractivity contribution in [1.29, 1.82) is 0 Å².